The predicted molar refractivity (Wildman–Crippen MR) is 56.3 cm³/mol. The van der Waals surface area contributed by atoms with Crippen molar-refractivity contribution in [1.82, 2.24) is 4.90 Å². The molecule has 0 aliphatic rings. The Hall–Kier alpha value is -0.160. The highest BCUT2D eigenvalue weighted by molar-refractivity contribution is 4.62. The lowest BCUT2D eigenvalue weighted by Gasteiger charge is -2.23. The van der Waals surface area contributed by atoms with Crippen LogP contribution in [0.4, 0.5) is 0 Å². The van der Waals surface area contributed by atoms with E-state index in [1.165, 1.54) is 0 Å². The molecule has 0 heterocycles. The van der Waals surface area contributed by atoms with Crippen LogP contribution in [-0.2, 0) is 4.74 Å². The van der Waals surface area contributed by atoms with Crippen LogP contribution < -0.4 is 0 Å². The number of ether oxygens (including phenoxy) is 1. The van der Waals surface area contributed by atoms with Crippen molar-refractivity contribution in [1.29, 1.82) is 0 Å². The fraction of sp³-hybridized carbons (Fsp3) is 1.00. The summed E-state index contributed by atoms with van der Waals surface area (Å²) in [6.07, 6.45) is -0.658. The van der Waals surface area contributed by atoms with Crippen LogP contribution in [0.25, 0.3) is 0 Å². The van der Waals surface area contributed by atoms with Crippen molar-refractivity contribution >= 4 is 0 Å². The van der Waals surface area contributed by atoms with Gasteiger partial charge in [0.05, 0.1) is 24.9 Å². The Morgan fingerprint density at radius 3 is 2.36 bits per heavy atom. The van der Waals surface area contributed by atoms with Crippen LogP contribution in [0.5, 0.6) is 0 Å². The molecule has 4 heteroatoms. The summed E-state index contributed by atoms with van der Waals surface area (Å²) in [6.45, 7) is 7.71. The average molecular weight is 205 g/mol. The first-order valence-corrected chi connectivity index (χ1v) is 4.96. The van der Waals surface area contributed by atoms with Gasteiger partial charge in [-0.2, -0.15) is 0 Å². The van der Waals surface area contributed by atoms with Crippen LogP contribution in [-0.4, -0.2) is 60.2 Å². The average Bonchev–Trinajstić information content (AvgIpc) is 2.01. The lowest BCUT2D eigenvalue weighted by Crippen LogP contribution is -2.35. The monoisotopic (exact) mass is 205 g/mol. The number of hydrogen-bond acceptors (Lipinski definition) is 4. The van der Waals surface area contributed by atoms with E-state index in [2.05, 4.69) is 0 Å². The van der Waals surface area contributed by atoms with Gasteiger partial charge in [0.15, 0.2) is 0 Å². The quantitative estimate of drug-likeness (QED) is 0.645. The third-order valence-corrected chi connectivity index (χ3v) is 1.74. The molecule has 0 amide bonds. The minimum atomic E-state index is -0.658. The van der Waals surface area contributed by atoms with E-state index in [-0.39, 0.29) is 12.2 Å². The first-order chi connectivity index (χ1) is 6.35. The minimum Gasteiger partial charge on any atom is -0.394 e. The number of nitrogens with zero attached hydrogens (tertiary/aromatic N) is 1. The summed E-state index contributed by atoms with van der Waals surface area (Å²) in [7, 11) is 1.89. The van der Waals surface area contributed by atoms with Gasteiger partial charge >= 0.3 is 0 Å². The molecule has 0 rings (SSSR count). The lowest BCUT2D eigenvalue weighted by molar-refractivity contribution is -0.0163. The van der Waals surface area contributed by atoms with Gasteiger partial charge in [0.1, 0.15) is 0 Å². The molecule has 1 atom stereocenters. The van der Waals surface area contributed by atoms with E-state index in [1.54, 1.807) is 0 Å². The van der Waals surface area contributed by atoms with E-state index in [0.29, 0.717) is 13.2 Å². The van der Waals surface area contributed by atoms with Crippen molar-refractivity contribution in [3.05, 3.63) is 0 Å². The molecule has 0 saturated carbocycles. The number of aliphatic hydroxyl groups is 2. The van der Waals surface area contributed by atoms with Crippen molar-refractivity contribution in [3.8, 4) is 0 Å². The van der Waals surface area contributed by atoms with E-state index in [1.807, 2.05) is 32.7 Å². The van der Waals surface area contributed by atoms with Gasteiger partial charge < -0.3 is 19.8 Å². The van der Waals surface area contributed by atoms with Crippen LogP contribution in [0.15, 0.2) is 0 Å². The van der Waals surface area contributed by atoms with Crippen molar-refractivity contribution < 1.29 is 14.9 Å². The highest BCUT2D eigenvalue weighted by Crippen LogP contribution is 2.05. The van der Waals surface area contributed by atoms with E-state index in [0.717, 1.165) is 6.54 Å². The molecule has 0 aromatic heterocycles. The summed E-state index contributed by atoms with van der Waals surface area (Å²) in [5.74, 6) is 0. The molecule has 0 fully saturated rings. The van der Waals surface area contributed by atoms with Gasteiger partial charge in [-0.05, 0) is 27.8 Å². The molecule has 0 aliphatic carbocycles. The highest BCUT2D eigenvalue weighted by atomic mass is 16.5. The van der Waals surface area contributed by atoms with Gasteiger partial charge in [0.2, 0.25) is 0 Å². The Morgan fingerprint density at radius 2 is 1.93 bits per heavy atom. The van der Waals surface area contributed by atoms with Gasteiger partial charge in [-0.1, -0.05) is 0 Å². The Kier molecular flexibility index (Phi) is 6.27. The fourth-order valence-corrected chi connectivity index (χ4v) is 1.02. The Morgan fingerprint density at radius 1 is 1.36 bits per heavy atom. The maximum Gasteiger partial charge on any atom is 0.0897 e. The largest absolute Gasteiger partial charge is 0.394 e. The zero-order valence-corrected chi connectivity index (χ0v) is 9.66. The first kappa shape index (κ1) is 13.8. The van der Waals surface area contributed by atoms with E-state index in [4.69, 9.17) is 14.9 Å². The third-order valence-electron chi connectivity index (χ3n) is 1.74. The second-order valence-corrected chi connectivity index (χ2v) is 4.56. The van der Waals surface area contributed by atoms with E-state index < -0.39 is 6.10 Å². The van der Waals surface area contributed by atoms with E-state index >= 15 is 0 Å². The molecule has 0 saturated heterocycles. The predicted octanol–water partition coefficient (Wildman–Crippen LogP) is 0.0865. The number of likely N-dealkylation sites (N-methyl/N-ethyl adjacent to an activating group) is 1. The smallest absolute Gasteiger partial charge is 0.0897 e. The van der Waals surface area contributed by atoms with E-state index in [9.17, 15) is 0 Å². The molecule has 0 aliphatic heterocycles. The van der Waals surface area contributed by atoms with Crippen LogP contribution in [0.3, 0.4) is 0 Å². The van der Waals surface area contributed by atoms with Crippen molar-refractivity contribution in [2.45, 2.75) is 32.5 Å². The van der Waals surface area contributed by atoms with Crippen molar-refractivity contribution in [3.63, 3.8) is 0 Å². The topological polar surface area (TPSA) is 52.9 Å². The SMILES string of the molecule is CN(CCOC(C)(C)C)CC(O)CO. The maximum absolute atomic E-state index is 9.16. The van der Waals surface area contributed by atoms with Crippen LogP contribution >= 0.6 is 0 Å². The molecule has 86 valence electrons. The normalized spacial score (nSPS) is 14.8. The summed E-state index contributed by atoms with van der Waals surface area (Å²) in [6, 6.07) is 0. The molecular formula is C10H23NO3. The van der Waals surface area contributed by atoms with Gasteiger partial charge in [0.25, 0.3) is 0 Å². The molecule has 0 bridgehead atoms. The molecule has 0 aromatic rings. The van der Waals surface area contributed by atoms with Crippen molar-refractivity contribution in [2.75, 3.05) is 33.4 Å². The van der Waals surface area contributed by atoms with Crippen LogP contribution in [0, 0.1) is 0 Å². The van der Waals surface area contributed by atoms with Gasteiger partial charge in [-0.25, -0.2) is 0 Å². The lowest BCUT2D eigenvalue weighted by atomic mass is 10.2. The standard InChI is InChI=1S/C10H23NO3/c1-10(2,3)14-6-5-11(4)7-9(13)8-12/h9,12-13H,5-8H2,1-4H3. The molecule has 0 aromatic carbocycles. The Balaban J connectivity index is 3.49. The zero-order valence-electron chi connectivity index (χ0n) is 9.66. The molecular weight excluding hydrogens is 182 g/mol. The highest BCUT2D eigenvalue weighted by Gasteiger charge is 2.11. The zero-order chi connectivity index (χ0) is 11.2. The Bertz CT molecular complexity index is 145. The van der Waals surface area contributed by atoms with Crippen molar-refractivity contribution in [2.24, 2.45) is 0 Å². The summed E-state index contributed by atoms with van der Waals surface area (Å²) in [4.78, 5) is 1.94. The van der Waals surface area contributed by atoms with Gasteiger partial charge in [-0.15, -0.1) is 0 Å². The maximum atomic E-state index is 9.16. The van der Waals surface area contributed by atoms with Gasteiger partial charge in [0, 0.05) is 13.1 Å². The first-order valence-electron chi connectivity index (χ1n) is 4.96. The second kappa shape index (κ2) is 6.35. The number of rotatable bonds is 6. The Labute approximate surface area is 86.5 Å². The molecule has 1 unspecified atom stereocenters. The number of hydrogen-bond donors (Lipinski definition) is 2. The summed E-state index contributed by atoms with van der Waals surface area (Å²) < 4.78 is 5.53. The minimum absolute atomic E-state index is 0.115. The van der Waals surface area contributed by atoms with Crippen LogP contribution in [0.1, 0.15) is 20.8 Å². The summed E-state index contributed by atoms with van der Waals surface area (Å²) in [5.41, 5.74) is -0.115. The second-order valence-electron chi connectivity index (χ2n) is 4.56. The van der Waals surface area contributed by atoms with Crippen LogP contribution in [0.2, 0.25) is 0 Å². The fourth-order valence-electron chi connectivity index (χ4n) is 1.02. The molecule has 0 radical (unpaired) electrons. The third kappa shape index (κ3) is 8.44. The summed E-state index contributed by atoms with van der Waals surface area (Å²) >= 11 is 0. The molecule has 14 heavy (non-hydrogen) atoms. The number of aliphatic hydroxyl groups excluding tert-OH is 2. The molecule has 4 nitrogen and oxygen atoms in total. The summed E-state index contributed by atoms with van der Waals surface area (Å²) in [5, 5.41) is 17.8. The van der Waals surface area contributed by atoms with Gasteiger partial charge in [-0.3, -0.25) is 0 Å². The molecule has 0 spiro atoms. The molecule has 2 N–H and O–H groups in total.